The van der Waals surface area contributed by atoms with Crippen molar-refractivity contribution in [3.63, 3.8) is 0 Å². The molecular weight excluding hydrogens is 286 g/mol. The van der Waals surface area contributed by atoms with Gasteiger partial charge in [0, 0.05) is 22.6 Å². The van der Waals surface area contributed by atoms with Crippen molar-refractivity contribution >= 4 is 32.8 Å². The number of aromatic carboxylic acids is 1. The molecule has 0 radical (unpaired) electrons. The Morgan fingerprint density at radius 1 is 1.47 bits per heavy atom. The fourth-order valence-corrected chi connectivity index (χ4v) is 2.41. The monoisotopic (exact) mass is 295 g/mol. The Balaban J connectivity index is 3.00. The van der Waals surface area contributed by atoms with Crippen LogP contribution in [0, 0.1) is 0 Å². The molecule has 0 saturated heterocycles. The molecule has 4 nitrogen and oxygen atoms in total. The van der Waals surface area contributed by atoms with Crippen molar-refractivity contribution in [2.24, 2.45) is 0 Å². The zero-order valence-corrected chi connectivity index (χ0v) is 10.7. The maximum absolute atomic E-state index is 12.0. The smallest absolute Gasteiger partial charge is 0.341 e. The number of hydrogen-bond acceptors (Lipinski definition) is 2. The van der Waals surface area contributed by atoms with Crippen LogP contribution in [-0.2, 0) is 6.54 Å². The zero-order chi connectivity index (χ0) is 12.6. The lowest BCUT2D eigenvalue weighted by molar-refractivity contribution is 0.0695. The summed E-state index contributed by atoms with van der Waals surface area (Å²) in [5.74, 6) is -1.20. The molecule has 2 aromatic rings. The zero-order valence-electron chi connectivity index (χ0n) is 9.11. The molecule has 88 valence electrons. The van der Waals surface area contributed by atoms with Crippen molar-refractivity contribution < 1.29 is 9.90 Å². The average molecular weight is 296 g/mol. The number of benzene rings is 1. The molecule has 5 heteroatoms. The Bertz CT molecular complexity index is 661. The third-order valence-electron chi connectivity index (χ3n) is 2.62. The molecule has 0 bridgehead atoms. The quantitative estimate of drug-likeness (QED) is 0.926. The Hall–Kier alpha value is -1.62. The van der Waals surface area contributed by atoms with E-state index in [1.165, 1.54) is 6.20 Å². The van der Waals surface area contributed by atoms with Crippen LogP contribution >= 0.6 is 15.9 Å². The summed E-state index contributed by atoms with van der Waals surface area (Å²) in [6, 6.07) is 5.19. The number of nitrogens with zero attached hydrogens (tertiary/aromatic N) is 1. The second-order valence-corrected chi connectivity index (χ2v) is 4.45. The highest BCUT2D eigenvalue weighted by molar-refractivity contribution is 9.10. The van der Waals surface area contributed by atoms with Gasteiger partial charge in [-0.1, -0.05) is 6.07 Å². The van der Waals surface area contributed by atoms with E-state index in [9.17, 15) is 9.59 Å². The molecular formula is C12H10BrNO3. The summed E-state index contributed by atoms with van der Waals surface area (Å²) in [6.07, 6.45) is 1.39. The lowest BCUT2D eigenvalue weighted by Gasteiger charge is -2.11. The first-order valence-electron chi connectivity index (χ1n) is 5.11. The van der Waals surface area contributed by atoms with Gasteiger partial charge in [0.1, 0.15) is 5.56 Å². The van der Waals surface area contributed by atoms with E-state index in [0.29, 0.717) is 11.9 Å². The van der Waals surface area contributed by atoms with Crippen LogP contribution in [0.2, 0.25) is 0 Å². The number of aryl methyl sites for hydroxylation is 1. The van der Waals surface area contributed by atoms with Gasteiger partial charge in [-0.05, 0) is 35.0 Å². The van der Waals surface area contributed by atoms with Gasteiger partial charge >= 0.3 is 5.97 Å². The summed E-state index contributed by atoms with van der Waals surface area (Å²) in [7, 11) is 0. The molecule has 0 spiro atoms. The summed E-state index contributed by atoms with van der Waals surface area (Å²) < 4.78 is 2.54. The molecule has 2 rings (SSSR count). The SMILES string of the molecule is CCn1cc(C(=O)O)c(=O)c2cccc(Br)c21. The molecule has 1 aromatic carbocycles. The maximum atomic E-state index is 12.0. The second-order valence-electron chi connectivity index (χ2n) is 3.60. The van der Waals surface area contributed by atoms with E-state index < -0.39 is 11.4 Å². The molecule has 17 heavy (non-hydrogen) atoms. The van der Waals surface area contributed by atoms with Crippen molar-refractivity contribution in [1.29, 1.82) is 0 Å². The number of pyridine rings is 1. The van der Waals surface area contributed by atoms with Crippen molar-refractivity contribution in [1.82, 2.24) is 4.57 Å². The van der Waals surface area contributed by atoms with Crippen LogP contribution < -0.4 is 5.43 Å². The minimum atomic E-state index is -1.20. The number of para-hydroxylation sites is 1. The number of rotatable bonds is 2. The van der Waals surface area contributed by atoms with Gasteiger partial charge in [-0.25, -0.2) is 4.79 Å². The first-order valence-corrected chi connectivity index (χ1v) is 5.90. The van der Waals surface area contributed by atoms with Crippen LogP contribution in [0.4, 0.5) is 0 Å². The van der Waals surface area contributed by atoms with Crippen molar-refractivity contribution in [3.8, 4) is 0 Å². The fourth-order valence-electron chi connectivity index (χ4n) is 1.82. The summed E-state index contributed by atoms with van der Waals surface area (Å²) in [5, 5.41) is 9.41. The van der Waals surface area contributed by atoms with Crippen LogP contribution in [-0.4, -0.2) is 15.6 Å². The molecule has 0 aliphatic carbocycles. The van der Waals surface area contributed by atoms with Crippen molar-refractivity contribution in [2.75, 3.05) is 0 Å². The Morgan fingerprint density at radius 3 is 2.76 bits per heavy atom. The van der Waals surface area contributed by atoms with E-state index in [-0.39, 0.29) is 5.56 Å². The maximum Gasteiger partial charge on any atom is 0.341 e. The predicted octanol–water partition coefficient (Wildman–Crippen LogP) is 2.48. The van der Waals surface area contributed by atoms with Gasteiger partial charge in [-0.15, -0.1) is 0 Å². The lowest BCUT2D eigenvalue weighted by atomic mass is 10.1. The molecule has 0 unspecified atom stereocenters. The lowest BCUT2D eigenvalue weighted by Crippen LogP contribution is -2.18. The van der Waals surface area contributed by atoms with Crippen LogP contribution in [0.3, 0.4) is 0 Å². The largest absolute Gasteiger partial charge is 0.477 e. The molecule has 0 amide bonds. The first-order chi connectivity index (χ1) is 8.06. The minimum Gasteiger partial charge on any atom is -0.477 e. The van der Waals surface area contributed by atoms with Gasteiger partial charge in [0.05, 0.1) is 5.52 Å². The highest BCUT2D eigenvalue weighted by Crippen LogP contribution is 2.22. The molecule has 1 N–H and O–H groups in total. The molecule has 1 heterocycles. The molecule has 0 fully saturated rings. The number of hydrogen-bond donors (Lipinski definition) is 1. The van der Waals surface area contributed by atoms with Gasteiger partial charge in [-0.3, -0.25) is 4.79 Å². The van der Waals surface area contributed by atoms with E-state index in [4.69, 9.17) is 5.11 Å². The highest BCUT2D eigenvalue weighted by Gasteiger charge is 2.14. The summed E-state index contributed by atoms with van der Waals surface area (Å²) in [5.41, 5.74) is 0.0842. The number of fused-ring (bicyclic) bond motifs is 1. The van der Waals surface area contributed by atoms with E-state index in [1.807, 2.05) is 13.0 Å². The highest BCUT2D eigenvalue weighted by atomic mass is 79.9. The van der Waals surface area contributed by atoms with Gasteiger partial charge < -0.3 is 9.67 Å². The van der Waals surface area contributed by atoms with Gasteiger partial charge in [0.15, 0.2) is 0 Å². The van der Waals surface area contributed by atoms with Gasteiger partial charge in [0.2, 0.25) is 5.43 Å². The Morgan fingerprint density at radius 2 is 2.18 bits per heavy atom. The average Bonchev–Trinajstić information content (AvgIpc) is 2.30. The molecule has 0 atom stereocenters. The summed E-state index contributed by atoms with van der Waals surface area (Å²) in [4.78, 5) is 23.0. The van der Waals surface area contributed by atoms with E-state index >= 15 is 0 Å². The van der Waals surface area contributed by atoms with Crippen LogP contribution in [0.15, 0.2) is 33.7 Å². The second kappa shape index (κ2) is 4.33. The van der Waals surface area contributed by atoms with E-state index in [1.54, 1.807) is 16.7 Å². The normalized spacial score (nSPS) is 10.7. The first kappa shape index (κ1) is 11.9. The van der Waals surface area contributed by atoms with Crippen LogP contribution in [0.1, 0.15) is 17.3 Å². The van der Waals surface area contributed by atoms with Crippen LogP contribution in [0.5, 0.6) is 0 Å². The molecule has 0 saturated carbocycles. The van der Waals surface area contributed by atoms with E-state index in [0.717, 1.165) is 9.99 Å². The predicted molar refractivity (Wildman–Crippen MR) is 68.5 cm³/mol. The number of carbonyl (C=O) groups is 1. The molecule has 0 aliphatic rings. The number of carboxylic acid groups (broad SMARTS) is 1. The molecule has 0 aliphatic heterocycles. The van der Waals surface area contributed by atoms with Crippen LogP contribution in [0.25, 0.3) is 10.9 Å². The fraction of sp³-hybridized carbons (Fsp3) is 0.167. The van der Waals surface area contributed by atoms with E-state index in [2.05, 4.69) is 15.9 Å². The van der Waals surface area contributed by atoms with Crippen molar-refractivity contribution in [3.05, 3.63) is 44.7 Å². The summed E-state index contributed by atoms with van der Waals surface area (Å²) in [6.45, 7) is 2.49. The topological polar surface area (TPSA) is 59.3 Å². The number of halogens is 1. The minimum absolute atomic E-state index is 0.197. The summed E-state index contributed by atoms with van der Waals surface area (Å²) >= 11 is 3.38. The molecule has 1 aromatic heterocycles. The van der Waals surface area contributed by atoms with Crippen molar-refractivity contribution in [2.45, 2.75) is 13.5 Å². The Labute approximate surface area is 106 Å². The third-order valence-corrected chi connectivity index (χ3v) is 3.26. The van der Waals surface area contributed by atoms with Gasteiger partial charge in [-0.2, -0.15) is 0 Å². The van der Waals surface area contributed by atoms with Gasteiger partial charge in [0.25, 0.3) is 0 Å². The number of aromatic nitrogens is 1. The standard InChI is InChI=1S/C12H10BrNO3/c1-2-14-6-8(12(16)17)11(15)7-4-3-5-9(13)10(7)14/h3-6H,2H2,1H3,(H,16,17). The number of carboxylic acids is 1. The Kier molecular flexibility index (Phi) is 3.02. The third kappa shape index (κ3) is 1.86.